The van der Waals surface area contributed by atoms with Crippen LogP contribution in [0.1, 0.15) is 27.9 Å². The second-order valence-electron chi connectivity index (χ2n) is 7.91. The molecule has 3 amide bonds. The van der Waals surface area contributed by atoms with E-state index in [1.807, 2.05) is 32.0 Å². The van der Waals surface area contributed by atoms with Gasteiger partial charge in [0.05, 0.1) is 19.8 Å². The minimum absolute atomic E-state index is 0.103. The van der Waals surface area contributed by atoms with E-state index < -0.39 is 0 Å². The lowest BCUT2D eigenvalue weighted by atomic mass is 10.1. The molecule has 1 unspecified atom stereocenters. The Morgan fingerprint density at radius 3 is 2.71 bits per heavy atom. The average molecular weight is 425 g/mol. The zero-order chi connectivity index (χ0) is 21.8. The van der Waals surface area contributed by atoms with Crippen molar-refractivity contribution in [2.24, 2.45) is 0 Å². The molecule has 8 nitrogen and oxygen atoms in total. The third-order valence-corrected chi connectivity index (χ3v) is 5.86. The summed E-state index contributed by atoms with van der Waals surface area (Å²) in [6.45, 7) is 7.23. The summed E-state index contributed by atoms with van der Waals surface area (Å²) in [5.41, 5.74) is 3.45. The number of rotatable bonds is 4. The molecule has 2 aromatic rings. The van der Waals surface area contributed by atoms with Crippen molar-refractivity contribution in [2.75, 3.05) is 44.7 Å². The topological polar surface area (TPSA) is 84.0 Å². The Kier molecular flexibility index (Phi) is 6.36. The number of hydrogen-bond acceptors (Lipinski definition) is 5. The molecule has 1 aromatic carbocycles. The lowest BCUT2D eigenvalue weighted by Crippen LogP contribution is -2.41. The van der Waals surface area contributed by atoms with Crippen LogP contribution in [-0.4, -0.2) is 72.2 Å². The molecule has 1 aromatic heterocycles. The molecule has 0 bridgehead atoms. The van der Waals surface area contributed by atoms with E-state index in [4.69, 9.17) is 9.47 Å². The minimum Gasteiger partial charge on any atom is -0.472 e. The van der Waals surface area contributed by atoms with Gasteiger partial charge in [-0.15, -0.1) is 0 Å². The van der Waals surface area contributed by atoms with E-state index >= 15 is 0 Å². The molecular weight excluding hydrogens is 396 g/mol. The van der Waals surface area contributed by atoms with E-state index in [9.17, 15) is 9.59 Å². The van der Waals surface area contributed by atoms with Crippen molar-refractivity contribution >= 4 is 17.6 Å². The molecule has 3 heterocycles. The lowest BCUT2D eigenvalue weighted by molar-refractivity contribution is 0.0298. The standard InChI is InChI=1S/C23H28N4O4/c1-16-5-3-7-20(17(16)2)25-23(29)27-10-8-18(15-27)31-21-19(6-4-9-24-21)22(28)26-11-13-30-14-12-26/h3-7,9,18H,8,10-15H2,1-2H3,(H,25,29). The summed E-state index contributed by atoms with van der Waals surface area (Å²) in [5.74, 6) is 0.217. The van der Waals surface area contributed by atoms with Crippen molar-refractivity contribution in [1.29, 1.82) is 0 Å². The number of aryl methyl sites for hydroxylation is 1. The number of hydrogen-bond donors (Lipinski definition) is 1. The number of nitrogens with zero attached hydrogens (tertiary/aromatic N) is 3. The van der Waals surface area contributed by atoms with Gasteiger partial charge < -0.3 is 24.6 Å². The monoisotopic (exact) mass is 424 g/mol. The van der Waals surface area contributed by atoms with Crippen LogP contribution in [0.4, 0.5) is 10.5 Å². The SMILES string of the molecule is Cc1cccc(NC(=O)N2CCC(Oc3ncccc3C(=O)N3CCOCC3)C2)c1C. The Balaban J connectivity index is 1.39. The summed E-state index contributed by atoms with van der Waals surface area (Å²) in [4.78, 5) is 33.4. The smallest absolute Gasteiger partial charge is 0.321 e. The van der Waals surface area contributed by atoms with Crippen LogP contribution in [0.5, 0.6) is 5.88 Å². The molecular formula is C23H28N4O4. The summed E-state index contributed by atoms with van der Waals surface area (Å²) in [6, 6.07) is 9.18. The van der Waals surface area contributed by atoms with E-state index in [0.29, 0.717) is 57.3 Å². The van der Waals surface area contributed by atoms with Gasteiger partial charge in [0.1, 0.15) is 11.7 Å². The number of amides is 3. The number of aromatic nitrogens is 1. The van der Waals surface area contributed by atoms with Gasteiger partial charge in [0.2, 0.25) is 5.88 Å². The highest BCUT2D eigenvalue weighted by molar-refractivity contribution is 5.96. The summed E-state index contributed by atoms with van der Waals surface area (Å²) >= 11 is 0. The highest BCUT2D eigenvalue weighted by atomic mass is 16.5. The third kappa shape index (κ3) is 4.80. The maximum Gasteiger partial charge on any atom is 0.321 e. The maximum absolute atomic E-state index is 12.9. The molecule has 2 aliphatic rings. The number of carbonyl (C=O) groups is 2. The van der Waals surface area contributed by atoms with E-state index in [2.05, 4.69) is 10.3 Å². The van der Waals surface area contributed by atoms with Crippen LogP contribution in [0.3, 0.4) is 0 Å². The molecule has 164 valence electrons. The first-order valence-corrected chi connectivity index (χ1v) is 10.6. The van der Waals surface area contributed by atoms with E-state index in [0.717, 1.165) is 16.8 Å². The zero-order valence-electron chi connectivity index (χ0n) is 18.0. The van der Waals surface area contributed by atoms with Gasteiger partial charge in [-0.25, -0.2) is 9.78 Å². The van der Waals surface area contributed by atoms with Crippen LogP contribution in [-0.2, 0) is 4.74 Å². The van der Waals surface area contributed by atoms with E-state index in [1.165, 1.54) is 0 Å². The van der Waals surface area contributed by atoms with Gasteiger partial charge in [0, 0.05) is 37.9 Å². The molecule has 1 N–H and O–H groups in total. The maximum atomic E-state index is 12.9. The molecule has 1 atom stereocenters. The highest BCUT2D eigenvalue weighted by Gasteiger charge is 2.30. The molecule has 0 radical (unpaired) electrons. The summed E-state index contributed by atoms with van der Waals surface area (Å²) < 4.78 is 11.4. The van der Waals surface area contributed by atoms with Crippen molar-refractivity contribution in [3.05, 3.63) is 53.2 Å². The molecule has 0 spiro atoms. The Morgan fingerprint density at radius 1 is 1.10 bits per heavy atom. The third-order valence-electron chi connectivity index (χ3n) is 5.86. The van der Waals surface area contributed by atoms with Crippen LogP contribution in [0.25, 0.3) is 0 Å². The largest absolute Gasteiger partial charge is 0.472 e. The first-order valence-electron chi connectivity index (χ1n) is 10.6. The number of benzene rings is 1. The molecule has 2 aliphatic heterocycles. The van der Waals surface area contributed by atoms with Gasteiger partial charge in [-0.2, -0.15) is 0 Å². The fourth-order valence-corrected chi connectivity index (χ4v) is 3.83. The summed E-state index contributed by atoms with van der Waals surface area (Å²) in [5, 5.41) is 2.99. The quantitative estimate of drug-likeness (QED) is 0.816. The Labute approximate surface area is 182 Å². The van der Waals surface area contributed by atoms with Crippen LogP contribution < -0.4 is 10.1 Å². The lowest BCUT2D eigenvalue weighted by Gasteiger charge is -2.27. The zero-order valence-corrected chi connectivity index (χ0v) is 18.0. The first-order chi connectivity index (χ1) is 15.0. The number of ether oxygens (including phenoxy) is 2. The van der Waals surface area contributed by atoms with Gasteiger partial charge in [0.25, 0.3) is 5.91 Å². The van der Waals surface area contributed by atoms with Crippen molar-refractivity contribution in [3.8, 4) is 5.88 Å². The molecule has 0 saturated carbocycles. The van der Waals surface area contributed by atoms with Crippen molar-refractivity contribution in [3.63, 3.8) is 0 Å². The van der Waals surface area contributed by atoms with Gasteiger partial charge in [0.15, 0.2) is 0 Å². The normalized spacial score (nSPS) is 18.7. The highest BCUT2D eigenvalue weighted by Crippen LogP contribution is 2.23. The number of likely N-dealkylation sites (tertiary alicyclic amines) is 1. The summed E-state index contributed by atoms with van der Waals surface area (Å²) in [7, 11) is 0. The molecule has 4 rings (SSSR count). The Hall–Kier alpha value is -3.13. The predicted molar refractivity (Wildman–Crippen MR) is 117 cm³/mol. The molecule has 0 aliphatic carbocycles. The molecule has 8 heteroatoms. The van der Waals surface area contributed by atoms with Crippen molar-refractivity contribution in [2.45, 2.75) is 26.4 Å². The van der Waals surface area contributed by atoms with Crippen molar-refractivity contribution in [1.82, 2.24) is 14.8 Å². The van der Waals surface area contributed by atoms with E-state index in [-0.39, 0.29) is 18.0 Å². The molecule has 2 fully saturated rings. The number of pyridine rings is 1. The van der Waals surface area contributed by atoms with Gasteiger partial charge in [-0.3, -0.25) is 4.79 Å². The first kappa shape index (κ1) is 21.1. The second kappa shape index (κ2) is 9.34. The summed E-state index contributed by atoms with van der Waals surface area (Å²) in [6.07, 6.45) is 2.09. The minimum atomic E-state index is -0.213. The van der Waals surface area contributed by atoms with E-state index in [1.54, 1.807) is 28.1 Å². The van der Waals surface area contributed by atoms with Crippen LogP contribution in [0.15, 0.2) is 36.5 Å². The molecule has 31 heavy (non-hydrogen) atoms. The fraction of sp³-hybridized carbons (Fsp3) is 0.435. The Bertz CT molecular complexity index is 958. The second-order valence-corrected chi connectivity index (χ2v) is 7.91. The number of morpholine rings is 1. The van der Waals surface area contributed by atoms with Crippen LogP contribution in [0, 0.1) is 13.8 Å². The van der Waals surface area contributed by atoms with Crippen LogP contribution >= 0.6 is 0 Å². The predicted octanol–water partition coefficient (Wildman–Crippen LogP) is 2.86. The number of carbonyl (C=O) groups excluding carboxylic acids is 2. The van der Waals surface area contributed by atoms with Crippen LogP contribution in [0.2, 0.25) is 0 Å². The number of nitrogens with one attached hydrogen (secondary N) is 1. The number of urea groups is 1. The van der Waals surface area contributed by atoms with Gasteiger partial charge >= 0.3 is 6.03 Å². The fourth-order valence-electron chi connectivity index (χ4n) is 3.83. The molecule has 2 saturated heterocycles. The average Bonchev–Trinajstić information content (AvgIpc) is 3.26. The van der Waals surface area contributed by atoms with Gasteiger partial charge in [-0.1, -0.05) is 12.1 Å². The van der Waals surface area contributed by atoms with Crippen molar-refractivity contribution < 1.29 is 19.1 Å². The Morgan fingerprint density at radius 2 is 1.90 bits per heavy atom. The number of anilines is 1. The van der Waals surface area contributed by atoms with Gasteiger partial charge in [-0.05, 0) is 43.2 Å².